The maximum Gasteiger partial charge on any atom is 0.177 e. The lowest BCUT2D eigenvalue weighted by Gasteiger charge is -2.18. The molecule has 142 valence electrons. The monoisotopic (exact) mass is 382 g/mol. The first-order chi connectivity index (χ1) is 14.2. The molecule has 0 aromatic carbocycles. The number of rotatable bonds is 4. The highest BCUT2D eigenvalue weighted by molar-refractivity contribution is 5.78. The summed E-state index contributed by atoms with van der Waals surface area (Å²) in [6.07, 6.45) is 7.18. The van der Waals surface area contributed by atoms with Gasteiger partial charge in [-0.2, -0.15) is 0 Å². The lowest BCUT2D eigenvalue weighted by atomic mass is 10.1. The van der Waals surface area contributed by atoms with Crippen LogP contribution in [0.3, 0.4) is 0 Å². The van der Waals surface area contributed by atoms with E-state index in [2.05, 4.69) is 40.9 Å². The summed E-state index contributed by atoms with van der Waals surface area (Å²) in [5.74, 6) is 0. The van der Waals surface area contributed by atoms with Gasteiger partial charge < -0.3 is 4.57 Å². The fraction of sp³-hybridized carbons (Fsp3) is 0.143. The average Bonchev–Trinajstić information content (AvgIpc) is 3.32. The number of imidazole rings is 1. The molecule has 0 saturated heterocycles. The molecule has 0 amide bonds. The topological polar surface area (TPSA) is 87.2 Å². The van der Waals surface area contributed by atoms with Gasteiger partial charge in [0.2, 0.25) is 0 Å². The van der Waals surface area contributed by atoms with E-state index < -0.39 is 0 Å². The first-order valence-electron chi connectivity index (χ1n) is 9.23. The molecule has 0 saturated carbocycles. The van der Waals surface area contributed by atoms with Crippen LogP contribution in [0.25, 0.3) is 22.4 Å². The lowest BCUT2D eigenvalue weighted by molar-refractivity contribution is 0.657. The van der Waals surface area contributed by atoms with Gasteiger partial charge in [-0.15, -0.1) is 5.10 Å². The van der Waals surface area contributed by atoms with Crippen LogP contribution in [0.4, 0.5) is 0 Å². The van der Waals surface area contributed by atoms with Crippen LogP contribution in [0, 0.1) is 6.92 Å². The SMILES string of the molecule is Cc1nnn(C)c1-c1cnc2ncn(C(c3ccccn3)c3ccccn3)c2c1. The van der Waals surface area contributed by atoms with Crippen molar-refractivity contribution in [1.29, 1.82) is 0 Å². The highest BCUT2D eigenvalue weighted by Gasteiger charge is 2.22. The van der Waals surface area contributed by atoms with Crippen molar-refractivity contribution in [3.05, 3.63) is 84.5 Å². The van der Waals surface area contributed by atoms with Crippen molar-refractivity contribution in [3.63, 3.8) is 0 Å². The molecule has 0 aliphatic carbocycles. The van der Waals surface area contributed by atoms with Crippen LogP contribution in [0.15, 0.2) is 67.4 Å². The average molecular weight is 382 g/mol. The Hall–Kier alpha value is -3.94. The molecule has 0 unspecified atom stereocenters. The molecule has 0 spiro atoms. The summed E-state index contributed by atoms with van der Waals surface area (Å²) in [5, 5.41) is 8.27. The van der Waals surface area contributed by atoms with Crippen LogP contribution in [-0.4, -0.2) is 39.5 Å². The molecule has 5 aromatic heterocycles. The van der Waals surface area contributed by atoms with Gasteiger partial charge in [-0.05, 0) is 37.3 Å². The minimum Gasteiger partial charge on any atom is -0.314 e. The first kappa shape index (κ1) is 17.2. The van der Waals surface area contributed by atoms with Gasteiger partial charge in [0.15, 0.2) is 5.65 Å². The zero-order valence-electron chi connectivity index (χ0n) is 16.0. The van der Waals surface area contributed by atoms with Gasteiger partial charge >= 0.3 is 0 Å². The lowest BCUT2D eigenvalue weighted by Crippen LogP contribution is -2.14. The number of hydrogen-bond donors (Lipinski definition) is 0. The number of hydrogen-bond acceptors (Lipinski definition) is 6. The fourth-order valence-electron chi connectivity index (χ4n) is 3.62. The molecule has 5 rings (SSSR count). The largest absolute Gasteiger partial charge is 0.314 e. The third-order valence-electron chi connectivity index (χ3n) is 4.91. The van der Waals surface area contributed by atoms with Gasteiger partial charge in [0.05, 0.1) is 34.6 Å². The van der Waals surface area contributed by atoms with E-state index in [4.69, 9.17) is 0 Å². The van der Waals surface area contributed by atoms with Gasteiger partial charge in [0.1, 0.15) is 6.04 Å². The van der Waals surface area contributed by atoms with E-state index in [9.17, 15) is 0 Å². The zero-order chi connectivity index (χ0) is 19.8. The van der Waals surface area contributed by atoms with Gasteiger partial charge in [-0.1, -0.05) is 17.3 Å². The standard InChI is InChI=1S/C21H18N8/c1-14-19(28(2)27-26-14)15-11-18-21(24-12-15)25-13-29(18)20(16-7-3-5-9-22-16)17-8-4-6-10-23-17/h3-13,20H,1-2H3. The van der Waals surface area contributed by atoms with Crippen LogP contribution in [0.2, 0.25) is 0 Å². The van der Waals surface area contributed by atoms with Gasteiger partial charge in [-0.25, -0.2) is 14.6 Å². The summed E-state index contributed by atoms with van der Waals surface area (Å²) in [7, 11) is 1.88. The van der Waals surface area contributed by atoms with Crippen LogP contribution in [0.1, 0.15) is 23.1 Å². The Morgan fingerprint density at radius 1 is 0.897 bits per heavy atom. The fourth-order valence-corrected chi connectivity index (χ4v) is 3.62. The molecule has 0 fully saturated rings. The first-order valence-corrected chi connectivity index (χ1v) is 9.23. The number of nitrogens with zero attached hydrogens (tertiary/aromatic N) is 8. The van der Waals surface area contributed by atoms with Crippen LogP contribution in [-0.2, 0) is 7.05 Å². The highest BCUT2D eigenvalue weighted by Crippen LogP contribution is 2.29. The maximum absolute atomic E-state index is 4.59. The Morgan fingerprint density at radius 2 is 1.62 bits per heavy atom. The Labute approximate surface area is 166 Å². The van der Waals surface area contributed by atoms with Crippen molar-refractivity contribution in [3.8, 4) is 11.3 Å². The van der Waals surface area contributed by atoms with Gasteiger partial charge in [0.25, 0.3) is 0 Å². The molecule has 0 aliphatic heterocycles. The Balaban J connectivity index is 1.73. The van der Waals surface area contributed by atoms with Crippen molar-refractivity contribution in [1.82, 2.24) is 39.5 Å². The van der Waals surface area contributed by atoms with E-state index in [1.807, 2.05) is 56.6 Å². The van der Waals surface area contributed by atoms with Crippen LogP contribution >= 0.6 is 0 Å². The summed E-state index contributed by atoms with van der Waals surface area (Å²) < 4.78 is 3.82. The van der Waals surface area contributed by atoms with Gasteiger partial charge in [-0.3, -0.25) is 9.97 Å². The van der Waals surface area contributed by atoms with Crippen molar-refractivity contribution in [2.45, 2.75) is 13.0 Å². The van der Waals surface area contributed by atoms with Crippen molar-refractivity contribution >= 4 is 11.2 Å². The second-order valence-corrected chi connectivity index (χ2v) is 6.78. The molecule has 0 bridgehead atoms. The summed E-state index contributed by atoms with van der Waals surface area (Å²) in [5.41, 5.74) is 6.04. The Bertz CT molecular complexity index is 1220. The Kier molecular flexibility index (Phi) is 4.09. The predicted molar refractivity (Wildman–Crippen MR) is 108 cm³/mol. The quantitative estimate of drug-likeness (QED) is 0.475. The van der Waals surface area contributed by atoms with E-state index in [-0.39, 0.29) is 6.04 Å². The third kappa shape index (κ3) is 2.94. The maximum atomic E-state index is 4.59. The summed E-state index contributed by atoms with van der Waals surface area (Å²) in [6, 6.07) is 13.6. The zero-order valence-corrected chi connectivity index (χ0v) is 16.0. The van der Waals surface area contributed by atoms with Crippen molar-refractivity contribution in [2.75, 3.05) is 0 Å². The molecule has 0 atom stereocenters. The summed E-state index contributed by atoms with van der Waals surface area (Å²) >= 11 is 0. The highest BCUT2D eigenvalue weighted by atomic mass is 15.4. The van der Waals surface area contributed by atoms with E-state index in [0.29, 0.717) is 5.65 Å². The number of pyridine rings is 3. The molecule has 0 N–H and O–H groups in total. The smallest absolute Gasteiger partial charge is 0.177 e. The minimum atomic E-state index is -0.217. The number of aromatic nitrogens is 8. The van der Waals surface area contributed by atoms with E-state index in [1.54, 1.807) is 23.4 Å². The second-order valence-electron chi connectivity index (χ2n) is 6.78. The number of fused-ring (bicyclic) bond motifs is 1. The third-order valence-corrected chi connectivity index (χ3v) is 4.91. The van der Waals surface area contributed by atoms with Crippen molar-refractivity contribution < 1.29 is 0 Å². The molecular weight excluding hydrogens is 364 g/mol. The predicted octanol–water partition coefficient (Wildman–Crippen LogP) is 2.96. The molecular formula is C21H18N8. The van der Waals surface area contributed by atoms with Crippen LogP contribution in [0.5, 0.6) is 0 Å². The van der Waals surface area contributed by atoms with E-state index in [1.165, 1.54) is 0 Å². The summed E-state index contributed by atoms with van der Waals surface area (Å²) in [6.45, 7) is 1.94. The molecule has 0 radical (unpaired) electrons. The molecule has 8 heteroatoms. The molecule has 0 aliphatic rings. The summed E-state index contributed by atoms with van der Waals surface area (Å²) in [4.78, 5) is 18.3. The molecule has 8 nitrogen and oxygen atoms in total. The van der Waals surface area contributed by atoms with E-state index >= 15 is 0 Å². The van der Waals surface area contributed by atoms with Gasteiger partial charge in [0, 0.05) is 31.2 Å². The van der Waals surface area contributed by atoms with Crippen molar-refractivity contribution in [2.24, 2.45) is 7.05 Å². The normalized spacial score (nSPS) is 11.4. The van der Waals surface area contributed by atoms with E-state index in [0.717, 1.165) is 33.9 Å². The number of aryl methyl sites for hydroxylation is 2. The molecule has 5 heterocycles. The van der Waals surface area contributed by atoms with Crippen LogP contribution < -0.4 is 0 Å². The molecule has 5 aromatic rings. The molecule has 29 heavy (non-hydrogen) atoms. The minimum absolute atomic E-state index is 0.217. The Morgan fingerprint density at radius 3 is 2.21 bits per heavy atom. The second kappa shape index (κ2) is 6.90.